The maximum Gasteiger partial charge on any atom is 0.306 e. The molecule has 1 saturated carbocycles. The van der Waals surface area contributed by atoms with E-state index in [0.29, 0.717) is 12.5 Å². The first-order chi connectivity index (χ1) is 11.2. The Morgan fingerprint density at radius 2 is 2.00 bits per heavy atom. The number of carbonyl (C=O) groups is 2. The SMILES string of the molecule is CCOC(=O)CCC(=O)NC1CCC(Oc2ccccn2)CC1. The fraction of sp³-hybridized carbons (Fsp3) is 0.588. The fourth-order valence-electron chi connectivity index (χ4n) is 2.66. The number of nitrogens with one attached hydrogen (secondary N) is 1. The molecule has 0 saturated heterocycles. The molecule has 0 aliphatic heterocycles. The van der Waals surface area contributed by atoms with Crippen LogP contribution in [0.15, 0.2) is 24.4 Å². The molecule has 1 heterocycles. The second-order valence-corrected chi connectivity index (χ2v) is 5.63. The summed E-state index contributed by atoms with van der Waals surface area (Å²) in [5.41, 5.74) is 0. The highest BCUT2D eigenvalue weighted by Crippen LogP contribution is 2.22. The van der Waals surface area contributed by atoms with E-state index in [1.165, 1.54) is 0 Å². The van der Waals surface area contributed by atoms with Gasteiger partial charge in [-0.1, -0.05) is 6.07 Å². The van der Waals surface area contributed by atoms with Crippen LogP contribution in [0.25, 0.3) is 0 Å². The second-order valence-electron chi connectivity index (χ2n) is 5.63. The highest BCUT2D eigenvalue weighted by atomic mass is 16.5. The van der Waals surface area contributed by atoms with Gasteiger partial charge in [-0.05, 0) is 38.7 Å². The average Bonchev–Trinajstić information content (AvgIpc) is 2.56. The van der Waals surface area contributed by atoms with E-state index >= 15 is 0 Å². The highest BCUT2D eigenvalue weighted by molar-refractivity contribution is 5.81. The van der Waals surface area contributed by atoms with Crippen molar-refractivity contribution >= 4 is 11.9 Å². The second kappa shape index (κ2) is 9.12. The zero-order valence-corrected chi connectivity index (χ0v) is 13.5. The van der Waals surface area contributed by atoms with Crippen LogP contribution in [-0.2, 0) is 14.3 Å². The van der Waals surface area contributed by atoms with Gasteiger partial charge in [-0.3, -0.25) is 9.59 Å². The summed E-state index contributed by atoms with van der Waals surface area (Å²) in [7, 11) is 0. The van der Waals surface area contributed by atoms with Gasteiger partial charge in [0.15, 0.2) is 0 Å². The minimum absolute atomic E-state index is 0.0906. The molecule has 1 N–H and O–H groups in total. The number of esters is 1. The van der Waals surface area contributed by atoms with Crippen LogP contribution < -0.4 is 10.1 Å². The van der Waals surface area contributed by atoms with Gasteiger partial charge in [0.05, 0.1) is 13.0 Å². The summed E-state index contributed by atoms with van der Waals surface area (Å²) in [5, 5.41) is 2.98. The Kier molecular flexibility index (Phi) is 6.84. The molecule has 0 unspecified atom stereocenters. The Balaban J connectivity index is 1.64. The highest BCUT2D eigenvalue weighted by Gasteiger charge is 2.24. The van der Waals surface area contributed by atoms with Crippen molar-refractivity contribution in [3.8, 4) is 5.88 Å². The van der Waals surface area contributed by atoms with Crippen molar-refractivity contribution in [2.45, 2.75) is 57.6 Å². The molecule has 23 heavy (non-hydrogen) atoms. The number of aromatic nitrogens is 1. The van der Waals surface area contributed by atoms with Crippen molar-refractivity contribution < 1.29 is 19.1 Å². The quantitative estimate of drug-likeness (QED) is 0.780. The summed E-state index contributed by atoms with van der Waals surface area (Å²) in [5.74, 6) is 0.233. The van der Waals surface area contributed by atoms with E-state index in [-0.39, 0.29) is 36.9 Å². The molecule has 1 aliphatic carbocycles. The lowest BCUT2D eigenvalue weighted by atomic mass is 9.93. The number of hydrogen-bond donors (Lipinski definition) is 1. The van der Waals surface area contributed by atoms with Crippen molar-refractivity contribution in [1.29, 1.82) is 0 Å². The summed E-state index contributed by atoms with van der Waals surface area (Å²) >= 11 is 0. The molecular weight excluding hydrogens is 296 g/mol. The molecule has 1 amide bonds. The molecule has 6 nitrogen and oxygen atoms in total. The number of hydrogen-bond acceptors (Lipinski definition) is 5. The van der Waals surface area contributed by atoms with Crippen molar-refractivity contribution in [2.24, 2.45) is 0 Å². The largest absolute Gasteiger partial charge is 0.474 e. The van der Waals surface area contributed by atoms with Gasteiger partial charge in [-0.25, -0.2) is 4.98 Å². The maximum absolute atomic E-state index is 11.8. The molecule has 1 fully saturated rings. The number of nitrogens with zero attached hydrogens (tertiary/aromatic N) is 1. The van der Waals surface area contributed by atoms with Gasteiger partial charge >= 0.3 is 5.97 Å². The normalized spacial score (nSPS) is 20.6. The van der Waals surface area contributed by atoms with Crippen molar-refractivity contribution in [3.63, 3.8) is 0 Å². The Morgan fingerprint density at radius 1 is 1.22 bits per heavy atom. The summed E-state index contributed by atoms with van der Waals surface area (Å²) in [4.78, 5) is 27.2. The number of amides is 1. The summed E-state index contributed by atoms with van der Waals surface area (Å²) in [6.07, 6.45) is 5.72. The van der Waals surface area contributed by atoms with Gasteiger partial charge in [-0.15, -0.1) is 0 Å². The topological polar surface area (TPSA) is 77.5 Å². The number of carbonyl (C=O) groups excluding carboxylic acids is 2. The van der Waals surface area contributed by atoms with Crippen LogP contribution in [0.2, 0.25) is 0 Å². The lowest BCUT2D eigenvalue weighted by Crippen LogP contribution is -2.39. The molecule has 2 rings (SSSR count). The van der Waals surface area contributed by atoms with E-state index in [0.717, 1.165) is 25.7 Å². The summed E-state index contributed by atoms with van der Waals surface area (Å²) in [6.45, 7) is 2.10. The minimum atomic E-state index is -0.324. The van der Waals surface area contributed by atoms with Crippen LogP contribution in [-0.4, -0.2) is 35.6 Å². The Bertz CT molecular complexity index is 499. The zero-order chi connectivity index (χ0) is 16.5. The van der Waals surface area contributed by atoms with Gasteiger partial charge in [0.25, 0.3) is 0 Å². The zero-order valence-electron chi connectivity index (χ0n) is 13.5. The van der Waals surface area contributed by atoms with E-state index in [4.69, 9.17) is 9.47 Å². The first kappa shape index (κ1) is 17.2. The first-order valence-electron chi connectivity index (χ1n) is 8.20. The Hall–Kier alpha value is -2.11. The summed E-state index contributed by atoms with van der Waals surface area (Å²) < 4.78 is 10.6. The van der Waals surface area contributed by atoms with Crippen LogP contribution in [0.3, 0.4) is 0 Å². The van der Waals surface area contributed by atoms with Gasteiger partial charge in [-0.2, -0.15) is 0 Å². The molecule has 0 bridgehead atoms. The smallest absolute Gasteiger partial charge is 0.306 e. The van der Waals surface area contributed by atoms with Gasteiger partial charge < -0.3 is 14.8 Å². The average molecular weight is 320 g/mol. The maximum atomic E-state index is 11.8. The number of rotatable bonds is 7. The number of pyridine rings is 1. The molecule has 6 heteroatoms. The van der Waals surface area contributed by atoms with Crippen LogP contribution >= 0.6 is 0 Å². The van der Waals surface area contributed by atoms with E-state index < -0.39 is 0 Å². The first-order valence-corrected chi connectivity index (χ1v) is 8.20. The van der Waals surface area contributed by atoms with Crippen molar-refractivity contribution in [2.75, 3.05) is 6.61 Å². The van der Waals surface area contributed by atoms with Crippen molar-refractivity contribution in [1.82, 2.24) is 10.3 Å². The van der Waals surface area contributed by atoms with E-state index in [1.807, 2.05) is 18.2 Å². The van der Waals surface area contributed by atoms with E-state index in [9.17, 15) is 9.59 Å². The molecule has 1 aromatic rings. The van der Waals surface area contributed by atoms with Gasteiger partial charge in [0, 0.05) is 24.7 Å². The third kappa shape index (κ3) is 6.26. The minimum Gasteiger partial charge on any atom is -0.474 e. The fourth-order valence-corrected chi connectivity index (χ4v) is 2.66. The molecule has 0 radical (unpaired) electrons. The molecular formula is C17H24N2O4. The molecule has 126 valence electrons. The van der Waals surface area contributed by atoms with Crippen LogP contribution in [0.5, 0.6) is 5.88 Å². The van der Waals surface area contributed by atoms with E-state index in [1.54, 1.807) is 13.1 Å². The molecule has 1 aromatic heterocycles. The number of ether oxygens (including phenoxy) is 2. The standard InChI is InChI=1S/C17H24N2O4/c1-2-22-17(21)11-10-15(20)19-13-6-8-14(9-7-13)23-16-5-3-4-12-18-16/h3-5,12-14H,2,6-11H2,1H3,(H,19,20). The molecule has 0 atom stereocenters. The van der Waals surface area contributed by atoms with Crippen LogP contribution in [0.4, 0.5) is 0 Å². The van der Waals surface area contributed by atoms with Crippen molar-refractivity contribution in [3.05, 3.63) is 24.4 Å². The monoisotopic (exact) mass is 320 g/mol. The van der Waals surface area contributed by atoms with Crippen LogP contribution in [0.1, 0.15) is 45.4 Å². The Morgan fingerprint density at radius 3 is 2.65 bits per heavy atom. The molecule has 0 spiro atoms. The predicted molar refractivity (Wildman–Crippen MR) is 84.9 cm³/mol. The third-order valence-electron chi connectivity index (χ3n) is 3.83. The van der Waals surface area contributed by atoms with Gasteiger partial charge in [0.1, 0.15) is 6.10 Å². The van der Waals surface area contributed by atoms with Gasteiger partial charge in [0.2, 0.25) is 11.8 Å². The summed E-state index contributed by atoms with van der Waals surface area (Å²) in [6, 6.07) is 5.77. The molecule has 0 aromatic carbocycles. The van der Waals surface area contributed by atoms with Crippen LogP contribution in [0, 0.1) is 0 Å². The Labute approximate surface area is 136 Å². The lowest BCUT2D eigenvalue weighted by Gasteiger charge is -2.29. The third-order valence-corrected chi connectivity index (χ3v) is 3.83. The van der Waals surface area contributed by atoms with E-state index in [2.05, 4.69) is 10.3 Å². The molecule has 1 aliphatic rings. The lowest BCUT2D eigenvalue weighted by molar-refractivity contribution is -0.144. The predicted octanol–water partition coefficient (Wildman–Crippen LogP) is 2.23.